The summed E-state index contributed by atoms with van der Waals surface area (Å²) in [7, 11) is 0. The number of aliphatic hydroxyl groups is 1. The highest BCUT2D eigenvalue weighted by molar-refractivity contribution is 9.10. The number of hydrogen-bond donors (Lipinski definition) is 3. The molecule has 4 N–H and O–H groups in total. The monoisotopic (exact) mass is 286 g/mol. The molecule has 1 aromatic carbocycles. The molecule has 90 valence electrons. The molecule has 0 aliphatic heterocycles. The third-order valence-electron chi connectivity index (χ3n) is 2.63. The van der Waals surface area contributed by atoms with E-state index in [1.807, 2.05) is 18.2 Å². The summed E-state index contributed by atoms with van der Waals surface area (Å²) < 4.78 is 1.00. The molecule has 0 saturated carbocycles. The van der Waals surface area contributed by atoms with E-state index in [9.17, 15) is 5.11 Å². The van der Waals surface area contributed by atoms with Gasteiger partial charge in [0.25, 0.3) is 0 Å². The Morgan fingerprint density at radius 1 is 1.44 bits per heavy atom. The zero-order valence-electron chi connectivity index (χ0n) is 9.70. The Labute approximate surface area is 105 Å². The minimum absolute atomic E-state index is 0.0793. The second kappa shape index (κ2) is 6.23. The van der Waals surface area contributed by atoms with Gasteiger partial charge in [-0.1, -0.05) is 35.8 Å². The molecule has 1 aromatic rings. The summed E-state index contributed by atoms with van der Waals surface area (Å²) in [6.07, 6.45) is 0. The summed E-state index contributed by atoms with van der Waals surface area (Å²) in [6, 6.07) is 6.04. The van der Waals surface area contributed by atoms with E-state index in [-0.39, 0.29) is 12.6 Å². The van der Waals surface area contributed by atoms with Crippen LogP contribution in [-0.2, 0) is 6.54 Å². The predicted octanol–water partition coefficient (Wildman–Crippen LogP) is 2.34. The van der Waals surface area contributed by atoms with Crippen LogP contribution in [0.2, 0.25) is 0 Å². The summed E-state index contributed by atoms with van der Waals surface area (Å²) in [6.45, 7) is 4.82. The number of halogens is 1. The molecule has 0 saturated heterocycles. The van der Waals surface area contributed by atoms with Crippen LogP contribution in [0.25, 0.3) is 0 Å². The van der Waals surface area contributed by atoms with Gasteiger partial charge >= 0.3 is 0 Å². The van der Waals surface area contributed by atoms with E-state index in [0.717, 1.165) is 15.7 Å². The molecule has 1 atom stereocenters. The maximum atomic E-state index is 9.23. The van der Waals surface area contributed by atoms with Crippen LogP contribution >= 0.6 is 15.9 Å². The zero-order chi connectivity index (χ0) is 12.1. The number of benzene rings is 1. The minimum atomic E-state index is 0.0793. The number of hydrogen-bond acceptors (Lipinski definition) is 3. The molecule has 0 amide bonds. The summed E-state index contributed by atoms with van der Waals surface area (Å²) in [4.78, 5) is 0. The van der Waals surface area contributed by atoms with Crippen molar-refractivity contribution in [3.63, 3.8) is 0 Å². The Bertz CT molecular complexity index is 342. The number of aliphatic hydroxyl groups excluding tert-OH is 1. The molecule has 0 bridgehead atoms. The molecular weight excluding hydrogens is 268 g/mol. The number of rotatable bonds is 5. The summed E-state index contributed by atoms with van der Waals surface area (Å²) in [5.41, 5.74) is 7.66. The number of nitrogens with one attached hydrogen (secondary N) is 1. The third kappa shape index (κ3) is 3.47. The van der Waals surface area contributed by atoms with Crippen molar-refractivity contribution >= 4 is 21.6 Å². The molecule has 3 nitrogen and oxygen atoms in total. The minimum Gasteiger partial charge on any atom is -0.394 e. The van der Waals surface area contributed by atoms with Gasteiger partial charge in [0.05, 0.1) is 12.6 Å². The Balaban J connectivity index is 2.78. The van der Waals surface area contributed by atoms with Gasteiger partial charge in [0.15, 0.2) is 0 Å². The molecule has 16 heavy (non-hydrogen) atoms. The van der Waals surface area contributed by atoms with E-state index in [2.05, 4.69) is 35.1 Å². The molecule has 0 spiro atoms. The van der Waals surface area contributed by atoms with E-state index in [4.69, 9.17) is 5.73 Å². The lowest BCUT2D eigenvalue weighted by Crippen LogP contribution is -2.29. The normalized spacial score (nSPS) is 12.9. The summed E-state index contributed by atoms with van der Waals surface area (Å²) in [5, 5.41) is 12.5. The third-order valence-corrected chi connectivity index (χ3v) is 3.36. The fraction of sp³-hybridized carbons (Fsp3) is 0.500. The largest absolute Gasteiger partial charge is 0.394 e. The maximum Gasteiger partial charge on any atom is 0.0635 e. The van der Waals surface area contributed by atoms with Gasteiger partial charge in [-0.2, -0.15) is 0 Å². The van der Waals surface area contributed by atoms with Gasteiger partial charge in [-0.15, -0.1) is 0 Å². The van der Waals surface area contributed by atoms with E-state index >= 15 is 0 Å². The standard InChI is InChI=1S/C12H19BrN2O/c1-8(2)12(7-16)15-10-4-3-9(6-14)11(13)5-10/h3-5,8,12,15-16H,6-7,14H2,1-2H3. The molecule has 1 rings (SSSR count). The van der Waals surface area contributed by atoms with Crippen LogP contribution in [0.4, 0.5) is 5.69 Å². The van der Waals surface area contributed by atoms with Crippen LogP contribution in [0, 0.1) is 5.92 Å². The molecule has 1 unspecified atom stereocenters. The fourth-order valence-electron chi connectivity index (χ4n) is 1.44. The van der Waals surface area contributed by atoms with E-state index in [1.165, 1.54) is 0 Å². The van der Waals surface area contributed by atoms with Crippen molar-refractivity contribution in [3.05, 3.63) is 28.2 Å². The smallest absolute Gasteiger partial charge is 0.0635 e. The van der Waals surface area contributed by atoms with Gasteiger partial charge < -0.3 is 16.2 Å². The summed E-state index contributed by atoms with van der Waals surface area (Å²) >= 11 is 3.47. The van der Waals surface area contributed by atoms with E-state index < -0.39 is 0 Å². The van der Waals surface area contributed by atoms with Crippen molar-refractivity contribution in [2.24, 2.45) is 11.7 Å². The number of nitrogens with two attached hydrogens (primary N) is 1. The molecular formula is C12H19BrN2O. The molecule has 0 aliphatic carbocycles. The van der Waals surface area contributed by atoms with Gasteiger partial charge in [-0.3, -0.25) is 0 Å². The van der Waals surface area contributed by atoms with E-state index in [0.29, 0.717) is 12.5 Å². The lowest BCUT2D eigenvalue weighted by Gasteiger charge is -2.21. The zero-order valence-corrected chi connectivity index (χ0v) is 11.3. The van der Waals surface area contributed by atoms with E-state index in [1.54, 1.807) is 0 Å². The maximum absolute atomic E-state index is 9.23. The van der Waals surface area contributed by atoms with Crippen LogP contribution in [0.5, 0.6) is 0 Å². The van der Waals surface area contributed by atoms with Crippen molar-refractivity contribution < 1.29 is 5.11 Å². The van der Waals surface area contributed by atoms with Crippen LogP contribution in [-0.4, -0.2) is 17.8 Å². The van der Waals surface area contributed by atoms with Crippen LogP contribution in [0.3, 0.4) is 0 Å². The quantitative estimate of drug-likeness (QED) is 0.779. The Morgan fingerprint density at radius 3 is 2.56 bits per heavy atom. The Morgan fingerprint density at radius 2 is 2.12 bits per heavy atom. The highest BCUT2D eigenvalue weighted by Crippen LogP contribution is 2.22. The lowest BCUT2D eigenvalue weighted by molar-refractivity contribution is 0.249. The first-order valence-corrected chi connectivity index (χ1v) is 6.23. The number of anilines is 1. The van der Waals surface area contributed by atoms with Crippen LogP contribution in [0.1, 0.15) is 19.4 Å². The van der Waals surface area contributed by atoms with Crippen molar-refractivity contribution in [1.29, 1.82) is 0 Å². The van der Waals surface area contributed by atoms with Crippen LogP contribution < -0.4 is 11.1 Å². The van der Waals surface area contributed by atoms with Gasteiger partial charge in [0.1, 0.15) is 0 Å². The second-order valence-corrected chi connectivity index (χ2v) is 5.04. The average molecular weight is 287 g/mol. The average Bonchev–Trinajstić information content (AvgIpc) is 2.25. The highest BCUT2D eigenvalue weighted by Gasteiger charge is 2.11. The topological polar surface area (TPSA) is 58.3 Å². The van der Waals surface area contributed by atoms with Crippen molar-refractivity contribution in [1.82, 2.24) is 0 Å². The lowest BCUT2D eigenvalue weighted by atomic mass is 10.0. The van der Waals surface area contributed by atoms with Gasteiger partial charge in [0.2, 0.25) is 0 Å². The van der Waals surface area contributed by atoms with Crippen molar-refractivity contribution in [2.45, 2.75) is 26.4 Å². The fourth-order valence-corrected chi connectivity index (χ4v) is 1.98. The molecule has 0 aliphatic rings. The first-order chi connectivity index (χ1) is 7.58. The SMILES string of the molecule is CC(C)C(CO)Nc1ccc(CN)c(Br)c1. The molecule has 4 heteroatoms. The van der Waals surface area contributed by atoms with Gasteiger partial charge in [-0.05, 0) is 23.6 Å². The Kier molecular flexibility index (Phi) is 5.25. The first kappa shape index (κ1) is 13.5. The first-order valence-electron chi connectivity index (χ1n) is 5.44. The van der Waals surface area contributed by atoms with Crippen molar-refractivity contribution in [3.8, 4) is 0 Å². The molecule has 0 radical (unpaired) electrons. The van der Waals surface area contributed by atoms with Gasteiger partial charge in [0, 0.05) is 16.7 Å². The predicted molar refractivity (Wildman–Crippen MR) is 71.4 cm³/mol. The summed E-state index contributed by atoms with van der Waals surface area (Å²) in [5.74, 6) is 0.387. The highest BCUT2D eigenvalue weighted by atomic mass is 79.9. The molecule has 0 heterocycles. The molecule has 0 aromatic heterocycles. The Hall–Kier alpha value is -0.580. The van der Waals surface area contributed by atoms with Gasteiger partial charge in [-0.25, -0.2) is 0 Å². The molecule has 0 fully saturated rings. The van der Waals surface area contributed by atoms with Crippen LogP contribution in [0.15, 0.2) is 22.7 Å². The van der Waals surface area contributed by atoms with Crippen molar-refractivity contribution in [2.75, 3.05) is 11.9 Å². The second-order valence-electron chi connectivity index (χ2n) is 4.19.